The largest absolute Gasteiger partial charge is 0.508 e. The number of hydrogen-bond acceptors (Lipinski definition) is 5. The van der Waals surface area contributed by atoms with Crippen molar-refractivity contribution in [2.75, 3.05) is 0 Å². The second-order valence-corrected chi connectivity index (χ2v) is 9.16. The maximum Gasteiger partial charge on any atom is 0.298 e. The molecule has 0 heterocycles. The fourth-order valence-corrected chi connectivity index (χ4v) is 4.85. The predicted octanol–water partition coefficient (Wildman–Crippen LogP) is 5.23. The number of ketones is 1. The van der Waals surface area contributed by atoms with E-state index >= 15 is 0 Å². The molecule has 0 amide bonds. The van der Waals surface area contributed by atoms with Crippen LogP contribution in [0.25, 0.3) is 0 Å². The van der Waals surface area contributed by atoms with Crippen molar-refractivity contribution in [3.63, 3.8) is 0 Å². The first-order chi connectivity index (χ1) is 15.8. The molecule has 4 aromatic rings. The molecule has 1 atom stereocenters. The molecule has 0 aromatic heterocycles. The zero-order valence-electron chi connectivity index (χ0n) is 17.9. The maximum absolute atomic E-state index is 14.1. The second-order valence-electron chi connectivity index (χ2n) is 7.61. The minimum atomic E-state index is -4.43. The van der Waals surface area contributed by atoms with E-state index in [1.54, 1.807) is 84.9 Å². The number of aryl methyl sites for hydroxylation is 1. The number of carbonyl (C=O) groups excluding carboxylic acids is 1. The Balaban J connectivity index is 2.02. The summed E-state index contributed by atoms with van der Waals surface area (Å²) in [5.74, 6) is -0.878. The van der Waals surface area contributed by atoms with Crippen LogP contribution in [-0.2, 0) is 19.9 Å². The molecule has 0 radical (unpaired) electrons. The maximum atomic E-state index is 14.1. The van der Waals surface area contributed by atoms with Crippen LogP contribution in [0.1, 0.15) is 27.0 Å². The zero-order chi connectivity index (χ0) is 23.5. The SMILES string of the molecule is Cc1ccc(S(=O)(=O)OC(C(=O)c2ccccc2)(c2ccccc2)c2ccccc2O)cc1. The normalized spacial score (nSPS) is 13.2. The van der Waals surface area contributed by atoms with Crippen LogP contribution < -0.4 is 0 Å². The van der Waals surface area contributed by atoms with Crippen molar-refractivity contribution in [1.82, 2.24) is 0 Å². The van der Waals surface area contributed by atoms with Crippen LogP contribution in [0.4, 0.5) is 0 Å². The monoisotopic (exact) mass is 458 g/mol. The summed E-state index contributed by atoms with van der Waals surface area (Å²) in [4.78, 5) is 14.0. The molecule has 6 heteroatoms. The highest BCUT2D eigenvalue weighted by Crippen LogP contribution is 2.43. The lowest BCUT2D eigenvalue weighted by Gasteiger charge is -2.33. The number of carbonyl (C=O) groups is 1. The van der Waals surface area contributed by atoms with E-state index in [9.17, 15) is 18.3 Å². The van der Waals surface area contributed by atoms with Gasteiger partial charge in [-0.1, -0.05) is 96.6 Å². The van der Waals surface area contributed by atoms with Crippen LogP contribution in [-0.4, -0.2) is 19.3 Å². The van der Waals surface area contributed by atoms with E-state index in [0.29, 0.717) is 0 Å². The summed E-state index contributed by atoms with van der Waals surface area (Å²) in [6, 6.07) is 28.9. The molecule has 0 aliphatic carbocycles. The molecular weight excluding hydrogens is 436 g/mol. The summed E-state index contributed by atoms with van der Waals surface area (Å²) < 4.78 is 32.9. The predicted molar refractivity (Wildman–Crippen MR) is 126 cm³/mol. The number of phenolic OH excluding ortho intramolecular Hbond substituents is 1. The standard InChI is InChI=1S/C27H22O5S/c1-20-16-18-23(19-17-20)33(30,31)32-27(22-12-6-3-7-13-22,24-14-8-9-15-25(24)28)26(29)21-10-4-2-5-11-21/h2-19,28H,1H3. The molecule has 0 fully saturated rings. The van der Waals surface area contributed by atoms with Crippen molar-refractivity contribution in [2.45, 2.75) is 17.4 Å². The molecule has 4 rings (SSSR count). The Morgan fingerprint density at radius 2 is 1.30 bits per heavy atom. The summed E-state index contributed by atoms with van der Waals surface area (Å²) in [5.41, 5.74) is -0.734. The second kappa shape index (κ2) is 9.02. The first kappa shape index (κ1) is 22.5. The van der Waals surface area contributed by atoms with E-state index in [0.717, 1.165) is 5.56 Å². The molecule has 1 unspecified atom stereocenters. The highest BCUT2D eigenvalue weighted by molar-refractivity contribution is 7.86. The van der Waals surface area contributed by atoms with E-state index in [4.69, 9.17) is 4.18 Å². The Morgan fingerprint density at radius 3 is 1.91 bits per heavy atom. The Morgan fingerprint density at radius 1 is 0.758 bits per heavy atom. The van der Waals surface area contributed by atoms with Gasteiger partial charge in [-0.05, 0) is 30.7 Å². The number of hydrogen-bond donors (Lipinski definition) is 1. The molecule has 4 aromatic carbocycles. The minimum absolute atomic E-state index is 0.0285. The van der Waals surface area contributed by atoms with Gasteiger partial charge in [-0.2, -0.15) is 8.42 Å². The van der Waals surface area contributed by atoms with Crippen LogP contribution in [0.2, 0.25) is 0 Å². The molecule has 5 nitrogen and oxygen atoms in total. The summed E-state index contributed by atoms with van der Waals surface area (Å²) in [6.07, 6.45) is 0. The van der Waals surface area contributed by atoms with Gasteiger partial charge in [0.25, 0.3) is 10.1 Å². The Bertz CT molecular complexity index is 1370. The van der Waals surface area contributed by atoms with Crippen molar-refractivity contribution in [3.8, 4) is 5.75 Å². The van der Waals surface area contributed by atoms with Crippen molar-refractivity contribution < 1.29 is 22.5 Å². The first-order valence-corrected chi connectivity index (χ1v) is 11.7. The lowest BCUT2D eigenvalue weighted by atomic mass is 9.80. The number of Topliss-reactive ketones (excluding diaryl/α,β-unsaturated/α-hetero) is 1. The molecular formula is C27H22O5S. The summed E-state index contributed by atoms with van der Waals surface area (Å²) >= 11 is 0. The average molecular weight is 459 g/mol. The van der Waals surface area contributed by atoms with Crippen LogP contribution in [0, 0.1) is 6.92 Å². The van der Waals surface area contributed by atoms with Gasteiger partial charge in [0.15, 0.2) is 0 Å². The Labute approximate surface area is 193 Å². The molecule has 0 saturated heterocycles. The third-order valence-electron chi connectivity index (χ3n) is 5.36. The average Bonchev–Trinajstić information content (AvgIpc) is 2.84. The molecule has 0 spiro atoms. The summed E-state index contributed by atoms with van der Waals surface area (Å²) in [6.45, 7) is 1.84. The van der Waals surface area contributed by atoms with Crippen LogP contribution in [0.3, 0.4) is 0 Å². The molecule has 166 valence electrons. The molecule has 0 saturated carbocycles. The quantitative estimate of drug-likeness (QED) is 0.303. The third kappa shape index (κ3) is 4.31. The van der Waals surface area contributed by atoms with Gasteiger partial charge in [-0.15, -0.1) is 0 Å². The van der Waals surface area contributed by atoms with Gasteiger partial charge in [0.1, 0.15) is 5.75 Å². The number of phenols is 1. The van der Waals surface area contributed by atoms with Crippen molar-refractivity contribution in [1.29, 1.82) is 0 Å². The van der Waals surface area contributed by atoms with Crippen molar-refractivity contribution >= 4 is 15.9 Å². The Hall–Kier alpha value is -3.74. The van der Waals surface area contributed by atoms with Gasteiger partial charge < -0.3 is 5.11 Å². The molecule has 0 aliphatic rings. The highest BCUT2D eigenvalue weighted by Gasteiger charge is 2.49. The smallest absolute Gasteiger partial charge is 0.298 e. The molecule has 33 heavy (non-hydrogen) atoms. The van der Waals surface area contributed by atoms with E-state index in [2.05, 4.69) is 0 Å². The Kier molecular flexibility index (Phi) is 6.14. The fraction of sp³-hybridized carbons (Fsp3) is 0.0741. The lowest BCUT2D eigenvalue weighted by molar-refractivity contribution is 0.0598. The van der Waals surface area contributed by atoms with E-state index in [-0.39, 0.29) is 27.3 Å². The van der Waals surface area contributed by atoms with Crippen molar-refractivity contribution in [3.05, 3.63) is 131 Å². The van der Waals surface area contributed by atoms with Crippen LogP contribution in [0.5, 0.6) is 5.75 Å². The fourth-order valence-electron chi connectivity index (χ4n) is 3.69. The van der Waals surface area contributed by atoms with E-state index in [1.165, 1.54) is 24.3 Å². The van der Waals surface area contributed by atoms with Gasteiger partial charge >= 0.3 is 0 Å². The van der Waals surface area contributed by atoms with E-state index < -0.39 is 21.5 Å². The molecule has 0 bridgehead atoms. The minimum Gasteiger partial charge on any atom is -0.508 e. The van der Waals surface area contributed by atoms with Gasteiger partial charge in [-0.3, -0.25) is 4.79 Å². The van der Waals surface area contributed by atoms with Crippen LogP contribution >= 0.6 is 0 Å². The number of rotatable bonds is 7. The first-order valence-electron chi connectivity index (χ1n) is 10.3. The zero-order valence-corrected chi connectivity index (χ0v) is 18.7. The van der Waals surface area contributed by atoms with Crippen LogP contribution in [0.15, 0.2) is 114 Å². The summed E-state index contributed by atoms with van der Waals surface area (Å²) in [5, 5.41) is 10.8. The topological polar surface area (TPSA) is 80.7 Å². The van der Waals surface area contributed by atoms with Gasteiger partial charge in [-0.25, -0.2) is 4.18 Å². The number of aromatic hydroxyl groups is 1. The van der Waals surface area contributed by atoms with Gasteiger partial charge in [0.05, 0.1) is 4.90 Å². The van der Waals surface area contributed by atoms with E-state index in [1.807, 2.05) is 6.92 Å². The van der Waals surface area contributed by atoms with Gasteiger partial charge in [0.2, 0.25) is 11.4 Å². The molecule has 0 aliphatic heterocycles. The summed E-state index contributed by atoms with van der Waals surface area (Å²) in [7, 11) is -4.43. The lowest BCUT2D eigenvalue weighted by Crippen LogP contribution is -2.42. The molecule has 1 N–H and O–H groups in total. The number of para-hydroxylation sites is 1. The third-order valence-corrected chi connectivity index (χ3v) is 6.68. The highest BCUT2D eigenvalue weighted by atomic mass is 32.2. The van der Waals surface area contributed by atoms with Crippen molar-refractivity contribution in [2.24, 2.45) is 0 Å². The van der Waals surface area contributed by atoms with Gasteiger partial charge in [0, 0.05) is 11.1 Å². The number of benzene rings is 4.